The highest BCUT2D eigenvalue weighted by Crippen LogP contribution is 2.31. The average Bonchev–Trinajstić information content (AvgIpc) is 3.22. The SMILES string of the molecule is C=C(CCC[C@@H](CC)COC1CC[C@H](/C=C/C(Cl)COC2=C(F)CCC(F)=C2)C1)CC(C)C. The Labute approximate surface area is 205 Å². The van der Waals surface area contributed by atoms with Gasteiger partial charge in [-0.3, -0.25) is 0 Å². The number of ether oxygens (including phenoxy) is 2. The van der Waals surface area contributed by atoms with Crippen molar-refractivity contribution in [1.29, 1.82) is 0 Å². The van der Waals surface area contributed by atoms with E-state index in [1.54, 1.807) is 0 Å². The van der Waals surface area contributed by atoms with Gasteiger partial charge in [-0.25, -0.2) is 8.78 Å². The maximum Gasteiger partial charge on any atom is 0.153 e. The van der Waals surface area contributed by atoms with Gasteiger partial charge in [-0.05, 0) is 62.7 Å². The second kappa shape index (κ2) is 15.0. The lowest BCUT2D eigenvalue weighted by molar-refractivity contribution is 0.0289. The lowest BCUT2D eigenvalue weighted by Crippen LogP contribution is -2.16. The molecule has 5 heteroatoms. The number of hydrogen-bond acceptors (Lipinski definition) is 2. The van der Waals surface area contributed by atoms with Crippen molar-refractivity contribution >= 4 is 11.6 Å². The summed E-state index contributed by atoms with van der Waals surface area (Å²) in [5, 5.41) is -0.376. The summed E-state index contributed by atoms with van der Waals surface area (Å²) in [5.74, 6) is 0.954. The van der Waals surface area contributed by atoms with Crippen molar-refractivity contribution in [3.8, 4) is 0 Å². The molecule has 188 valence electrons. The summed E-state index contributed by atoms with van der Waals surface area (Å²) in [6.07, 6.45) is 14.6. The third-order valence-electron chi connectivity index (χ3n) is 6.54. The van der Waals surface area contributed by atoms with Gasteiger partial charge in [0, 0.05) is 25.5 Å². The van der Waals surface area contributed by atoms with Crippen LogP contribution in [0.25, 0.3) is 0 Å². The van der Waals surface area contributed by atoms with Crippen LogP contribution >= 0.6 is 11.6 Å². The molecule has 2 aliphatic carbocycles. The van der Waals surface area contributed by atoms with Crippen LogP contribution in [0.3, 0.4) is 0 Å². The molecule has 4 atom stereocenters. The molecule has 0 amide bonds. The van der Waals surface area contributed by atoms with Crippen LogP contribution in [0.4, 0.5) is 8.78 Å². The van der Waals surface area contributed by atoms with E-state index in [0.717, 1.165) is 51.2 Å². The molecule has 2 nitrogen and oxygen atoms in total. The number of rotatable bonds is 15. The molecule has 0 aromatic rings. The van der Waals surface area contributed by atoms with Gasteiger partial charge < -0.3 is 9.47 Å². The van der Waals surface area contributed by atoms with E-state index in [1.807, 2.05) is 6.08 Å². The Balaban J connectivity index is 1.63. The maximum atomic E-state index is 13.7. The Morgan fingerprint density at radius 3 is 2.76 bits per heavy atom. The Morgan fingerprint density at radius 2 is 2.03 bits per heavy atom. The molecule has 2 unspecified atom stereocenters. The van der Waals surface area contributed by atoms with Crippen molar-refractivity contribution in [2.75, 3.05) is 13.2 Å². The molecule has 1 fully saturated rings. The van der Waals surface area contributed by atoms with Gasteiger partial charge in [0.15, 0.2) is 5.76 Å². The van der Waals surface area contributed by atoms with E-state index in [0.29, 0.717) is 23.9 Å². The normalized spacial score (nSPS) is 23.3. The quantitative estimate of drug-likeness (QED) is 0.170. The number of allylic oxidation sites excluding steroid dienone is 5. The largest absolute Gasteiger partial charge is 0.489 e. The monoisotopic (exact) mass is 484 g/mol. The maximum absolute atomic E-state index is 13.7. The van der Waals surface area contributed by atoms with E-state index in [-0.39, 0.29) is 36.4 Å². The van der Waals surface area contributed by atoms with Crippen LogP contribution in [0.2, 0.25) is 0 Å². The van der Waals surface area contributed by atoms with E-state index in [1.165, 1.54) is 18.4 Å². The Hall–Kier alpha value is -1.13. The third kappa shape index (κ3) is 11.2. The topological polar surface area (TPSA) is 18.5 Å². The highest BCUT2D eigenvalue weighted by Gasteiger charge is 2.24. The first-order valence-electron chi connectivity index (χ1n) is 12.7. The predicted octanol–water partition coefficient (Wildman–Crippen LogP) is 8.98. The molecule has 2 aliphatic rings. The van der Waals surface area contributed by atoms with Gasteiger partial charge in [0.05, 0.1) is 11.5 Å². The minimum Gasteiger partial charge on any atom is -0.489 e. The molecular formula is C28H43ClF2O2. The lowest BCUT2D eigenvalue weighted by Gasteiger charge is -2.19. The fraction of sp³-hybridized carbons (Fsp3) is 0.714. The Bertz CT molecular complexity index is 698. The van der Waals surface area contributed by atoms with Gasteiger partial charge >= 0.3 is 0 Å². The first-order chi connectivity index (χ1) is 15.8. The van der Waals surface area contributed by atoms with E-state index in [2.05, 4.69) is 33.4 Å². The van der Waals surface area contributed by atoms with E-state index in [4.69, 9.17) is 21.1 Å². The standard InChI is InChI=1S/C28H43ClF2O2/c1-5-22(8-6-7-21(4)15-20(2)3)18-32-26-13-10-23(16-26)9-11-24(29)19-33-28-17-25(30)12-14-27(28)31/h9,11,17,20,22-24,26H,4-8,10,12-16,18-19H2,1-3H3/b11-9+/t22-,23+,24?,26?/m1/s1. The van der Waals surface area contributed by atoms with Crippen LogP contribution in [0.1, 0.15) is 85.0 Å². The molecule has 0 saturated heterocycles. The first-order valence-corrected chi connectivity index (χ1v) is 13.2. The molecule has 0 spiro atoms. The minimum atomic E-state index is -0.411. The zero-order valence-corrected chi connectivity index (χ0v) is 21.5. The summed E-state index contributed by atoms with van der Waals surface area (Å²) in [5.41, 5.74) is 1.37. The summed E-state index contributed by atoms with van der Waals surface area (Å²) in [6, 6.07) is 0. The van der Waals surface area contributed by atoms with Crippen LogP contribution in [0.5, 0.6) is 0 Å². The molecule has 0 N–H and O–H groups in total. The number of alkyl halides is 1. The van der Waals surface area contributed by atoms with Crippen LogP contribution in [-0.4, -0.2) is 24.7 Å². The highest BCUT2D eigenvalue weighted by molar-refractivity contribution is 6.21. The molecule has 0 aliphatic heterocycles. The number of hydrogen-bond donors (Lipinski definition) is 0. The molecular weight excluding hydrogens is 442 g/mol. The number of halogens is 3. The smallest absolute Gasteiger partial charge is 0.153 e. The van der Waals surface area contributed by atoms with Gasteiger partial charge in [0.25, 0.3) is 0 Å². The van der Waals surface area contributed by atoms with Crippen LogP contribution in [0.15, 0.2) is 47.8 Å². The van der Waals surface area contributed by atoms with Gasteiger partial charge in [0.1, 0.15) is 18.3 Å². The molecule has 0 heterocycles. The lowest BCUT2D eigenvalue weighted by atomic mass is 9.95. The Morgan fingerprint density at radius 1 is 1.24 bits per heavy atom. The first kappa shape index (κ1) is 28.1. The van der Waals surface area contributed by atoms with Crippen molar-refractivity contribution in [3.05, 3.63) is 47.8 Å². The molecule has 2 rings (SSSR count). The minimum absolute atomic E-state index is 0.0261. The third-order valence-corrected chi connectivity index (χ3v) is 6.81. The van der Waals surface area contributed by atoms with E-state index >= 15 is 0 Å². The highest BCUT2D eigenvalue weighted by atomic mass is 35.5. The van der Waals surface area contributed by atoms with Crippen LogP contribution in [-0.2, 0) is 9.47 Å². The van der Waals surface area contributed by atoms with Gasteiger partial charge in [-0.2, -0.15) is 0 Å². The molecule has 0 radical (unpaired) electrons. The van der Waals surface area contributed by atoms with E-state index in [9.17, 15) is 8.78 Å². The molecule has 0 bridgehead atoms. The second-order valence-corrected chi connectivity index (χ2v) is 10.7. The van der Waals surface area contributed by atoms with E-state index < -0.39 is 5.83 Å². The van der Waals surface area contributed by atoms with Gasteiger partial charge in [-0.1, -0.05) is 51.5 Å². The fourth-order valence-electron chi connectivity index (χ4n) is 4.56. The second-order valence-electron chi connectivity index (χ2n) is 10.1. The average molecular weight is 485 g/mol. The molecule has 0 aromatic heterocycles. The summed E-state index contributed by atoms with van der Waals surface area (Å²) in [7, 11) is 0. The molecule has 33 heavy (non-hydrogen) atoms. The Kier molecular flexibility index (Phi) is 12.8. The van der Waals surface area contributed by atoms with Gasteiger partial charge in [0.2, 0.25) is 0 Å². The van der Waals surface area contributed by atoms with Crippen molar-refractivity contribution in [2.24, 2.45) is 17.8 Å². The van der Waals surface area contributed by atoms with Crippen LogP contribution < -0.4 is 0 Å². The predicted molar refractivity (Wildman–Crippen MR) is 135 cm³/mol. The van der Waals surface area contributed by atoms with Gasteiger partial charge in [-0.15, -0.1) is 11.6 Å². The van der Waals surface area contributed by atoms with Crippen molar-refractivity contribution in [2.45, 2.75) is 96.5 Å². The zero-order valence-electron chi connectivity index (χ0n) is 20.8. The summed E-state index contributed by atoms with van der Waals surface area (Å²) in [6.45, 7) is 11.9. The zero-order chi connectivity index (χ0) is 24.2. The van der Waals surface area contributed by atoms with Crippen molar-refractivity contribution in [1.82, 2.24) is 0 Å². The van der Waals surface area contributed by atoms with Crippen LogP contribution in [0, 0.1) is 17.8 Å². The summed E-state index contributed by atoms with van der Waals surface area (Å²) >= 11 is 6.31. The van der Waals surface area contributed by atoms with Crippen molar-refractivity contribution in [3.63, 3.8) is 0 Å². The van der Waals surface area contributed by atoms with Crippen molar-refractivity contribution < 1.29 is 18.3 Å². The summed E-state index contributed by atoms with van der Waals surface area (Å²) in [4.78, 5) is 0. The molecule has 1 saturated carbocycles. The fourth-order valence-corrected chi connectivity index (χ4v) is 4.71. The summed E-state index contributed by atoms with van der Waals surface area (Å²) < 4.78 is 38.7. The molecule has 0 aromatic carbocycles.